The van der Waals surface area contributed by atoms with Crippen LogP contribution in [-0.2, 0) is 9.59 Å². The number of carbonyl (C=O) groups is 2. The van der Waals surface area contributed by atoms with Gasteiger partial charge in [0.15, 0.2) is 0 Å². The van der Waals surface area contributed by atoms with Crippen molar-refractivity contribution in [2.45, 2.75) is 105 Å². The first-order chi connectivity index (χ1) is 16.6. The zero-order valence-electron chi connectivity index (χ0n) is 22.5. The van der Waals surface area contributed by atoms with E-state index < -0.39 is 35.0 Å². The van der Waals surface area contributed by atoms with E-state index in [4.69, 9.17) is 0 Å². The van der Waals surface area contributed by atoms with Crippen LogP contribution in [-0.4, -0.2) is 44.6 Å². The van der Waals surface area contributed by atoms with Gasteiger partial charge in [-0.05, 0) is 98.2 Å². The molecule has 6 aliphatic rings. The van der Waals surface area contributed by atoms with Crippen LogP contribution >= 0.6 is 0 Å². The maximum Gasteiger partial charge on any atom is 0.312 e. The fourth-order valence-electron chi connectivity index (χ4n) is 11.7. The molecule has 0 aromatic heterocycles. The van der Waals surface area contributed by atoms with Gasteiger partial charge in [-0.2, -0.15) is 0 Å². The number of allylic oxidation sites excluding steroid dienone is 2. The summed E-state index contributed by atoms with van der Waals surface area (Å²) in [6.45, 7) is 10.6. The molecule has 200 valence electrons. The minimum absolute atomic E-state index is 0.0545. The molecule has 5 fully saturated rings. The minimum Gasteiger partial charge on any atom is -0.481 e. The van der Waals surface area contributed by atoms with Gasteiger partial charge in [0.2, 0.25) is 0 Å². The average Bonchev–Trinajstić information content (AvgIpc) is 3.50. The molecule has 0 unspecified atom stereocenters. The molecular weight excluding hydrogens is 456 g/mol. The quantitative estimate of drug-likeness (QED) is 0.402. The summed E-state index contributed by atoms with van der Waals surface area (Å²) in [4.78, 5) is 25.4. The third-order valence-electron chi connectivity index (χ3n) is 13.9. The Morgan fingerprint density at radius 2 is 1.50 bits per heavy atom. The van der Waals surface area contributed by atoms with E-state index >= 15 is 0 Å². The summed E-state index contributed by atoms with van der Waals surface area (Å²) in [5.74, 6) is -1.87. The molecule has 0 heterocycles. The Bertz CT molecular complexity index is 1070. The van der Waals surface area contributed by atoms with Crippen LogP contribution in [0.1, 0.15) is 92.4 Å². The fourth-order valence-corrected chi connectivity index (χ4v) is 11.7. The zero-order valence-corrected chi connectivity index (χ0v) is 22.5. The predicted octanol–water partition coefficient (Wildman–Crippen LogP) is 4.88. The Morgan fingerprint density at radius 1 is 0.833 bits per heavy atom. The topological polar surface area (TPSA) is 115 Å². The first-order valence-electron chi connectivity index (χ1n) is 14.1. The van der Waals surface area contributed by atoms with Crippen molar-refractivity contribution in [3.05, 3.63) is 12.2 Å². The van der Waals surface area contributed by atoms with Crippen LogP contribution in [0, 0.1) is 55.7 Å². The predicted molar refractivity (Wildman–Crippen MR) is 134 cm³/mol. The van der Waals surface area contributed by atoms with Gasteiger partial charge < -0.3 is 20.4 Å². The molecule has 11 atom stereocenters. The Balaban J connectivity index is 1.48. The molecule has 0 aliphatic heterocycles. The normalized spacial score (nSPS) is 58.4. The second-order valence-corrected chi connectivity index (χ2v) is 15.2. The van der Waals surface area contributed by atoms with E-state index in [0.29, 0.717) is 19.3 Å². The maximum atomic E-state index is 12.9. The van der Waals surface area contributed by atoms with Gasteiger partial charge in [0.05, 0.1) is 23.0 Å². The molecule has 0 saturated heterocycles. The van der Waals surface area contributed by atoms with Gasteiger partial charge in [0, 0.05) is 11.3 Å². The number of hydrogen-bond donors (Lipinski definition) is 4. The van der Waals surface area contributed by atoms with Crippen LogP contribution in [0.15, 0.2) is 12.2 Å². The van der Waals surface area contributed by atoms with E-state index in [-0.39, 0.29) is 44.8 Å². The lowest BCUT2D eigenvalue weighted by atomic mass is 9.36. The van der Waals surface area contributed by atoms with E-state index in [9.17, 15) is 30.0 Å². The number of fused-ring (bicyclic) bond motifs is 4. The first-order valence-corrected chi connectivity index (χ1v) is 14.1. The third-order valence-corrected chi connectivity index (χ3v) is 13.9. The molecule has 0 aromatic carbocycles. The monoisotopic (exact) mass is 500 g/mol. The second-order valence-electron chi connectivity index (χ2n) is 15.2. The van der Waals surface area contributed by atoms with E-state index in [1.54, 1.807) is 6.92 Å². The Morgan fingerprint density at radius 3 is 2.14 bits per heavy atom. The van der Waals surface area contributed by atoms with Crippen molar-refractivity contribution < 1.29 is 30.0 Å². The van der Waals surface area contributed by atoms with Gasteiger partial charge in [0.1, 0.15) is 0 Å². The lowest BCUT2D eigenvalue weighted by molar-refractivity contribution is -0.218. The highest BCUT2D eigenvalue weighted by atomic mass is 16.4. The number of hydrogen-bond acceptors (Lipinski definition) is 4. The number of carboxylic acid groups (broad SMARTS) is 2. The smallest absolute Gasteiger partial charge is 0.312 e. The molecule has 0 amide bonds. The van der Waals surface area contributed by atoms with Gasteiger partial charge in [-0.1, -0.05) is 39.8 Å². The maximum absolute atomic E-state index is 12.9. The van der Waals surface area contributed by atoms with Crippen molar-refractivity contribution in [1.29, 1.82) is 0 Å². The average molecular weight is 501 g/mol. The van der Waals surface area contributed by atoms with Gasteiger partial charge >= 0.3 is 11.9 Å². The number of carboxylic acids is 2. The van der Waals surface area contributed by atoms with Crippen molar-refractivity contribution in [2.24, 2.45) is 55.7 Å². The van der Waals surface area contributed by atoms with Crippen LogP contribution in [0.25, 0.3) is 0 Å². The number of rotatable bonds is 2. The molecule has 0 bridgehead atoms. The van der Waals surface area contributed by atoms with Crippen LogP contribution in [0.5, 0.6) is 0 Å². The minimum atomic E-state index is -1.16. The zero-order chi connectivity index (χ0) is 26.3. The van der Waals surface area contributed by atoms with Crippen LogP contribution in [0.3, 0.4) is 0 Å². The molecule has 4 N–H and O–H groups in total. The van der Waals surface area contributed by atoms with E-state index in [2.05, 4.69) is 39.8 Å². The summed E-state index contributed by atoms with van der Waals surface area (Å²) >= 11 is 0. The lowest BCUT2D eigenvalue weighted by Gasteiger charge is -2.68. The van der Waals surface area contributed by atoms with Crippen molar-refractivity contribution >= 4 is 11.9 Å². The molecule has 6 rings (SSSR count). The summed E-state index contributed by atoms with van der Waals surface area (Å²) in [6, 6.07) is 0. The standard InChI is InChI=1S/C30H44O6/c1-24(2)12-13-28(23(35)36)14-15-30-16-29(30,20(28)21(24)32)11-7-17-25(3)9-8-19(31)27(5,22(33)34)18(25)6-10-26(17,30)4/h7,11,17-21,31-32H,6,8-10,12-16H2,1-5H3,(H,33,34)(H,35,36)/t17-,18-,19-,20-,21+,25-,26-,27-,28+,29+,30-/m1/s1. The van der Waals surface area contributed by atoms with E-state index in [1.807, 2.05) is 0 Å². The molecule has 36 heavy (non-hydrogen) atoms. The Hall–Kier alpha value is -1.40. The molecule has 5 saturated carbocycles. The third kappa shape index (κ3) is 2.39. The summed E-state index contributed by atoms with van der Waals surface area (Å²) in [5, 5.41) is 43.4. The molecular formula is C30H44O6. The first kappa shape index (κ1) is 24.9. The number of aliphatic hydroxyl groups excluding tert-OH is 2. The number of aliphatic hydroxyl groups is 2. The second kappa shape index (κ2) is 6.77. The summed E-state index contributed by atoms with van der Waals surface area (Å²) in [6.07, 6.45) is 9.81. The molecule has 6 nitrogen and oxygen atoms in total. The summed E-state index contributed by atoms with van der Waals surface area (Å²) in [7, 11) is 0. The Labute approximate surface area is 214 Å². The SMILES string of the molecule is CC1(C)CC[C@]2(C(=O)O)CC[C@]34C[C@@]3(C=C[C@@H]3[C@@]5(C)CC[C@@H](O)[C@](C)(C(=O)O)[C@@H]5CC[C@]34C)[C@@H]2[C@@H]1O. The van der Waals surface area contributed by atoms with Gasteiger partial charge in [-0.3, -0.25) is 9.59 Å². The molecule has 0 radical (unpaired) electrons. The number of aliphatic carboxylic acids is 2. The van der Waals surface area contributed by atoms with Crippen LogP contribution in [0.2, 0.25) is 0 Å². The molecule has 6 aliphatic carbocycles. The van der Waals surface area contributed by atoms with E-state index in [1.165, 1.54) is 0 Å². The highest BCUT2D eigenvalue weighted by molar-refractivity contribution is 5.77. The molecule has 0 aromatic rings. The van der Waals surface area contributed by atoms with Gasteiger partial charge in [0.25, 0.3) is 0 Å². The van der Waals surface area contributed by atoms with E-state index in [0.717, 1.165) is 38.5 Å². The molecule has 6 heteroatoms. The highest BCUT2D eigenvalue weighted by Crippen LogP contribution is 2.90. The van der Waals surface area contributed by atoms with Crippen LogP contribution in [0.4, 0.5) is 0 Å². The van der Waals surface area contributed by atoms with Crippen LogP contribution < -0.4 is 0 Å². The van der Waals surface area contributed by atoms with Crippen molar-refractivity contribution in [1.82, 2.24) is 0 Å². The lowest BCUT2D eigenvalue weighted by Crippen LogP contribution is -2.66. The largest absolute Gasteiger partial charge is 0.481 e. The van der Waals surface area contributed by atoms with Gasteiger partial charge in [-0.15, -0.1) is 0 Å². The fraction of sp³-hybridized carbons (Fsp3) is 0.867. The summed E-state index contributed by atoms with van der Waals surface area (Å²) < 4.78 is 0. The van der Waals surface area contributed by atoms with Crippen molar-refractivity contribution in [2.75, 3.05) is 0 Å². The summed E-state index contributed by atoms with van der Waals surface area (Å²) in [5.41, 5.74) is -3.04. The van der Waals surface area contributed by atoms with Crippen molar-refractivity contribution in [3.63, 3.8) is 0 Å². The highest BCUT2D eigenvalue weighted by Gasteiger charge is 2.85. The van der Waals surface area contributed by atoms with Gasteiger partial charge in [-0.25, -0.2) is 0 Å². The Kier molecular flexibility index (Phi) is 4.69. The van der Waals surface area contributed by atoms with Crippen molar-refractivity contribution in [3.8, 4) is 0 Å². The molecule has 0 spiro atoms.